The molecule has 8 aromatic carbocycles. The Labute approximate surface area is 627 Å². The van der Waals surface area contributed by atoms with Crippen LogP contribution in [0.1, 0.15) is 50.5 Å². The van der Waals surface area contributed by atoms with Crippen LogP contribution in [-0.4, -0.2) is 48.2 Å². The number of aryl methyl sites for hydroxylation is 4. The van der Waals surface area contributed by atoms with E-state index in [9.17, 15) is 0 Å². The van der Waals surface area contributed by atoms with Crippen molar-refractivity contribution in [3.63, 3.8) is 0 Å². The summed E-state index contributed by atoms with van der Waals surface area (Å²) in [5.74, 6) is 0. The Bertz CT molecular complexity index is 4240. The molecule has 0 bridgehead atoms. The largest absolute Gasteiger partial charge is 3.00 e. The van der Waals surface area contributed by atoms with E-state index < -0.39 is 0 Å². The van der Waals surface area contributed by atoms with Gasteiger partial charge in [-0.15, -0.1) is 214 Å². The van der Waals surface area contributed by atoms with Gasteiger partial charge in [-0.05, 0) is 144 Å². The van der Waals surface area contributed by atoms with Crippen molar-refractivity contribution in [1.29, 1.82) is 0 Å². The monoisotopic (exact) mass is 1720 g/mol. The first kappa shape index (κ1) is 77.8. The summed E-state index contributed by atoms with van der Waals surface area (Å²) in [6.07, 6.45) is 3.59. The van der Waals surface area contributed by atoms with Crippen LogP contribution in [0.3, 0.4) is 0 Å². The van der Waals surface area contributed by atoms with E-state index in [2.05, 4.69) is 134 Å². The van der Waals surface area contributed by atoms with Crippen LogP contribution in [0.25, 0.3) is 78.7 Å². The molecule has 0 amide bonds. The normalized spacial score (nSPS) is 11.8. The molecule has 100 heavy (non-hydrogen) atoms. The Kier molecular flexibility index (Phi) is 31.5. The van der Waals surface area contributed by atoms with E-state index in [0.717, 1.165) is 100 Å². The zero-order valence-corrected chi connectivity index (χ0v) is 63.5. The Morgan fingerprint density at radius 3 is 0.940 bits per heavy atom. The Morgan fingerprint density at radius 2 is 0.620 bits per heavy atom. The van der Waals surface area contributed by atoms with Gasteiger partial charge in [0.2, 0.25) is 0 Å². The maximum Gasteiger partial charge on any atom is 3.00 e. The summed E-state index contributed by atoms with van der Waals surface area (Å²) in [7, 11) is -0.355. The van der Waals surface area contributed by atoms with E-state index in [1.165, 1.54) is 11.1 Å². The summed E-state index contributed by atoms with van der Waals surface area (Å²) in [6.45, 7) is 16.2. The fourth-order valence-corrected chi connectivity index (χ4v) is 9.93. The first-order valence-electron chi connectivity index (χ1n) is 32.3. The molecule has 7 heterocycles. The Hall–Kier alpha value is -9.58. The topological polar surface area (TPSA) is 95.8 Å². The molecule has 1 aliphatic heterocycles. The molecule has 6 aromatic heterocycles. The zero-order chi connectivity index (χ0) is 68.8. The maximum atomic E-state index is 6.08. The molecule has 0 atom stereocenters. The second-order valence-corrected chi connectivity index (χ2v) is 24.4. The second-order valence-electron chi connectivity index (χ2n) is 23.5. The SMILES string of the molecule is Brc1ccccc1.CC1(C)OB(c2cc[c-]c(-c3ccccn3)c2)OC1(C)C.Cc1cccc(-c2[c-]cccc2)n1.Cc1cccc(-c2[c-]cccc2)n1.Cc1cccc(-c2[c-]cccc2)n1.Cc1cccc(-c2[c-]cccc2)n1.[Ir+3].[Ir+3].[c-]1ccc(-c2ccccc2)cc1-c1ccccn1. The van der Waals surface area contributed by atoms with Crippen LogP contribution in [0.15, 0.2) is 320 Å². The predicted octanol–water partition coefficient (Wildman–Crippen LogP) is 20.9. The van der Waals surface area contributed by atoms with Gasteiger partial charge in [0.1, 0.15) is 0 Å². The Balaban J connectivity index is 0.000000166. The van der Waals surface area contributed by atoms with E-state index in [1.54, 1.807) is 12.4 Å². The Morgan fingerprint density at radius 1 is 0.300 bits per heavy atom. The van der Waals surface area contributed by atoms with E-state index >= 15 is 0 Å². The van der Waals surface area contributed by atoms with Crippen LogP contribution < -0.4 is 5.46 Å². The number of nitrogens with zero attached hydrogens (tertiary/aromatic N) is 6. The summed E-state index contributed by atoms with van der Waals surface area (Å²) in [4.78, 5) is 26.4. The van der Waals surface area contributed by atoms with Crippen LogP contribution in [0.5, 0.6) is 0 Å². The molecule has 0 aliphatic carbocycles. The second kappa shape index (κ2) is 40.5. The van der Waals surface area contributed by atoms with Crippen LogP contribution in [0.4, 0.5) is 0 Å². The van der Waals surface area contributed by atoms with Gasteiger partial charge >= 0.3 is 47.3 Å². The average Bonchev–Trinajstić information content (AvgIpc) is 1.62. The average molecular weight is 1720 g/mol. The molecular weight excluding hydrogens is 1650 g/mol. The zero-order valence-electron chi connectivity index (χ0n) is 57.1. The fraction of sp³-hybridized carbons (Fsp3) is 0.114. The third-order valence-electron chi connectivity index (χ3n) is 15.4. The molecule has 0 N–H and O–H groups in total. The van der Waals surface area contributed by atoms with E-state index in [0.29, 0.717) is 0 Å². The molecule has 1 aliphatic rings. The molecule has 498 valence electrons. The van der Waals surface area contributed by atoms with E-state index in [4.69, 9.17) is 9.31 Å². The van der Waals surface area contributed by atoms with Crippen LogP contribution >= 0.6 is 15.9 Å². The van der Waals surface area contributed by atoms with E-state index in [-0.39, 0.29) is 58.5 Å². The minimum Gasteiger partial charge on any atom is -0.400 e. The molecule has 0 spiro atoms. The number of pyridine rings is 6. The van der Waals surface area contributed by atoms with Gasteiger partial charge in [0.15, 0.2) is 0 Å². The molecule has 8 nitrogen and oxygen atoms in total. The van der Waals surface area contributed by atoms with Gasteiger partial charge in [-0.25, -0.2) is 0 Å². The van der Waals surface area contributed by atoms with Gasteiger partial charge < -0.3 is 39.2 Å². The van der Waals surface area contributed by atoms with Crippen molar-refractivity contribution in [3.05, 3.63) is 379 Å². The molecule has 15 rings (SSSR count). The molecule has 1 fully saturated rings. The van der Waals surface area contributed by atoms with Crippen LogP contribution in [0, 0.1) is 64.1 Å². The smallest absolute Gasteiger partial charge is 0.400 e. The number of aromatic nitrogens is 6. The molecule has 0 unspecified atom stereocenters. The number of hydrogen-bond donors (Lipinski definition) is 0. The molecular formula is C88H76BBrIr2N6O2. The van der Waals surface area contributed by atoms with Crippen LogP contribution in [-0.2, 0) is 49.5 Å². The number of hydrogen-bond acceptors (Lipinski definition) is 8. The number of rotatable bonds is 8. The number of halogens is 1. The fourth-order valence-electron chi connectivity index (χ4n) is 9.62. The maximum absolute atomic E-state index is 6.08. The van der Waals surface area contributed by atoms with Crippen molar-refractivity contribution in [3.8, 4) is 78.7 Å². The quantitative estimate of drug-likeness (QED) is 0.110. The first-order valence-corrected chi connectivity index (χ1v) is 33.1. The van der Waals surface area contributed by atoms with Gasteiger partial charge in [-0.3, -0.25) is 0 Å². The first-order chi connectivity index (χ1) is 47.7. The standard InChI is InChI=1S/C17H19BNO2.C17H12N.4C12H10N.C6H5Br.2Ir/c1-16(2)17(3,4)21-18(20-16)14-9-7-8-13(12-14)15-10-5-6-11-19-15;1-2-7-14(8-3-1)15-9-6-10-16(13-15)17-11-4-5-12-18-17;4*1-10-6-5-9-12(13-10)11-7-3-2-4-8-11;7-6-4-2-1-3-5-6;;/h5-7,9-12H,1-4H3;1-9,11-13H;4*2-7,9H,1H3;1-5H;;/q6*-1;;2*+3. The molecule has 1 saturated heterocycles. The summed E-state index contributed by atoms with van der Waals surface area (Å²) >= 11 is 3.31. The van der Waals surface area contributed by atoms with Crippen LogP contribution in [0.2, 0.25) is 0 Å². The third kappa shape index (κ3) is 24.7. The minimum atomic E-state index is -0.355. The minimum absolute atomic E-state index is 0. The summed E-state index contributed by atoms with van der Waals surface area (Å²) < 4.78 is 13.3. The van der Waals surface area contributed by atoms with Gasteiger partial charge in [0.25, 0.3) is 0 Å². The molecule has 0 radical (unpaired) electrons. The summed E-state index contributed by atoms with van der Waals surface area (Å²) in [6, 6.07) is 119. The van der Waals surface area contributed by atoms with Gasteiger partial charge in [-0.2, -0.15) is 0 Å². The van der Waals surface area contributed by atoms with Crippen molar-refractivity contribution in [2.75, 3.05) is 0 Å². The molecule has 12 heteroatoms. The van der Waals surface area contributed by atoms with Crippen molar-refractivity contribution in [1.82, 2.24) is 29.9 Å². The van der Waals surface area contributed by atoms with Crippen molar-refractivity contribution in [2.24, 2.45) is 0 Å². The summed E-state index contributed by atoms with van der Waals surface area (Å²) in [5.41, 5.74) is 18.8. The van der Waals surface area contributed by atoms with Gasteiger partial charge in [0.05, 0.1) is 11.2 Å². The third-order valence-corrected chi connectivity index (χ3v) is 15.9. The van der Waals surface area contributed by atoms with Crippen molar-refractivity contribution < 1.29 is 49.5 Å². The summed E-state index contributed by atoms with van der Waals surface area (Å²) in [5, 5.41) is 0. The van der Waals surface area contributed by atoms with Gasteiger partial charge in [0, 0.05) is 39.6 Å². The van der Waals surface area contributed by atoms with E-state index in [1.807, 2.05) is 307 Å². The van der Waals surface area contributed by atoms with Gasteiger partial charge in [-0.1, -0.05) is 137 Å². The predicted molar refractivity (Wildman–Crippen MR) is 405 cm³/mol. The number of benzene rings is 8. The van der Waals surface area contributed by atoms with Crippen molar-refractivity contribution >= 4 is 28.5 Å². The molecule has 14 aromatic rings. The van der Waals surface area contributed by atoms with Crippen molar-refractivity contribution in [2.45, 2.75) is 66.6 Å². The molecule has 0 saturated carbocycles.